The Kier molecular flexibility index (Phi) is 10.5. The summed E-state index contributed by atoms with van der Waals surface area (Å²) in [6.07, 6.45) is 14.1. The van der Waals surface area contributed by atoms with E-state index in [-0.39, 0.29) is 5.41 Å². The molecule has 1 spiro atoms. The maximum atomic E-state index is 2.50. The zero-order valence-corrected chi connectivity index (χ0v) is 41.4. The Bertz CT molecular complexity index is 3860. The molecule has 1 saturated carbocycles. The van der Waals surface area contributed by atoms with Crippen LogP contribution in [0, 0.1) is 0 Å². The molecule has 0 aliphatic heterocycles. The Labute approximate surface area is 430 Å². The highest BCUT2D eigenvalue weighted by Crippen LogP contribution is 2.59. The quantitative estimate of drug-likeness (QED) is 0.132. The van der Waals surface area contributed by atoms with Crippen LogP contribution in [-0.4, -0.2) is 0 Å². The van der Waals surface area contributed by atoms with Crippen LogP contribution in [0.1, 0.15) is 57.0 Å². The molecule has 0 radical (unpaired) electrons. The zero-order chi connectivity index (χ0) is 47.6. The predicted octanol–water partition coefficient (Wildman–Crippen LogP) is 20.3. The number of hydrogen-bond donors (Lipinski definition) is 0. The molecule has 14 rings (SSSR count). The van der Waals surface area contributed by atoms with Gasteiger partial charge in [-0.1, -0.05) is 177 Å². The number of fused-ring (bicyclic) bond motifs is 8. The van der Waals surface area contributed by atoms with Crippen LogP contribution in [-0.2, 0) is 5.41 Å². The lowest BCUT2D eigenvalue weighted by Crippen LogP contribution is -2.21. The first-order chi connectivity index (χ1) is 35.7. The first-order valence-corrected chi connectivity index (χ1v) is 26.9. The molecule has 0 bridgehead atoms. The third-order valence-electron chi connectivity index (χ3n) is 15.4. The van der Waals surface area contributed by atoms with Gasteiger partial charge in [-0.2, -0.15) is 0 Å². The molecule has 1 fully saturated rings. The van der Waals surface area contributed by atoms with Crippen molar-refractivity contribution in [3.63, 3.8) is 0 Å². The fourth-order valence-corrected chi connectivity index (χ4v) is 14.0. The van der Waals surface area contributed by atoms with E-state index < -0.39 is 0 Å². The van der Waals surface area contributed by atoms with Crippen molar-refractivity contribution in [2.24, 2.45) is 0 Å². The van der Waals surface area contributed by atoms with Crippen LogP contribution in [0.4, 0.5) is 17.1 Å². The van der Waals surface area contributed by atoms with Gasteiger partial charge in [0.05, 0.1) is 0 Å². The van der Waals surface area contributed by atoms with Crippen LogP contribution < -0.4 is 4.90 Å². The SMILES string of the molecule is C(=Cc1ccc(C=Cc2ccc(-c3cc(-c4ccccc4)c4c(c3-c3ccccc3)-c3cccc5cccc-4c35)s2)s1)c1ccc2c(c1)C1(CCCC1)c1cc(N(c3ccccc3)c3ccccc3)ccc1-2. The van der Waals surface area contributed by atoms with E-state index in [1.165, 1.54) is 151 Å². The summed E-state index contributed by atoms with van der Waals surface area (Å²) < 4.78 is 0. The van der Waals surface area contributed by atoms with Gasteiger partial charge in [-0.05, 0) is 181 Å². The Balaban J connectivity index is 0.760. The van der Waals surface area contributed by atoms with Crippen LogP contribution in [0.15, 0.2) is 224 Å². The Morgan fingerprint density at radius 2 is 0.917 bits per heavy atom. The van der Waals surface area contributed by atoms with Crippen molar-refractivity contribution in [1.29, 1.82) is 0 Å². The lowest BCUT2D eigenvalue weighted by Gasteiger charge is -2.30. The van der Waals surface area contributed by atoms with Crippen molar-refractivity contribution in [3.05, 3.63) is 256 Å². The molecule has 72 heavy (non-hydrogen) atoms. The summed E-state index contributed by atoms with van der Waals surface area (Å²) in [4.78, 5) is 7.41. The predicted molar refractivity (Wildman–Crippen MR) is 311 cm³/mol. The maximum absolute atomic E-state index is 2.50. The number of anilines is 3. The molecule has 0 atom stereocenters. The first-order valence-electron chi connectivity index (χ1n) is 25.3. The van der Waals surface area contributed by atoms with Gasteiger partial charge in [0.1, 0.15) is 0 Å². The van der Waals surface area contributed by atoms with Gasteiger partial charge in [0.15, 0.2) is 0 Å². The third-order valence-corrected chi connectivity index (χ3v) is 17.5. The molecule has 0 unspecified atom stereocenters. The Hall–Kier alpha value is -8.08. The smallest absolute Gasteiger partial charge is 0.0465 e. The Morgan fingerprint density at radius 1 is 0.361 bits per heavy atom. The lowest BCUT2D eigenvalue weighted by atomic mass is 9.76. The highest BCUT2D eigenvalue weighted by atomic mass is 32.1. The Morgan fingerprint density at radius 3 is 1.58 bits per heavy atom. The second kappa shape index (κ2) is 17.6. The minimum Gasteiger partial charge on any atom is -0.310 e. The normalized spacial score (nSPS) is 13.9. The van der Waals surface area contributed by atoms with E-state index in [9.17, 15) is 0 Å². The largest absolute Gasteiger partial charge is 0.310 e. The number of benzene rings is 9. The van der Waals surface area contributed by atoms with Gasteiger partial charge < -0.3 is 4.90 Å². The molecule has 0 amide bonds. The fraction of sp³-hybridized carbons (Fsp3) is 0.0725. The highest BCUT2D eigenvalue weighted by Gasteiger charge is 2.45. The van der Waals surface area contributed by atoms with Gasteiger partial charge in [-0.15, -0.1) is 22.7 Å². The summed E-state index contributed by atoms with van der Waals surface area (Å²) in [5.41, 5.74) is 22.3. The number of thiophene rings is 2. The standard InChI is InChI=1S/C69H49NS2/c1-5-17-47(18-6-1)60-45-61(66(49-19-7-2-8-20-49)68-59-28-16-22-48-21-15-27-58(65(48)59)67(60)68)64-40-37-55(72-64)36-35-54-34-33-53(71-54)32-29-46-30-38-56-57-39-31-52(44-63(57)69(62(56)43-46)41-13-14-42-69)70(50-23-9-3-10-24-50)51-25-11-4-12-26-51/h1-12,15-40,43-45H,13-14,41-42H2. The van der Waals surface area contributed by atoms with Crippen LogP contribution in [0.25, 0.3) is 101 Å². The van der Waals surface area contributed by atoms with Crippen molar-refractivity contribution in [2.75, 3.05) is 4.90 Å². The van der Waals surface area contributed by atoms with E-state index in [4.69, 9.17) is 0 Å². The summed E-state index contributed by atoms with van der Waals surface area (Å²) in [5, 5.41) is 2.63. The summed E-state index contributed by atoms with van der Waals surface area (Å²) in [6.45, 7) is 0. The maximum Gasteiger partial charge on any atom is 0.0465 e. The van der Waals surface area contributed by atoms with E-state index >= 15 is 0 Å². The van der Waals surface area contributed by atoms with Gasteiger partial charge in [0.25, 0.3) is 0 Å². The molecule has 9 aromatic carbocycles. The van der Waals surface area contributed by atoms with Crippen molar-refractivity contribution in [2.45, 2.75) is 31.1 Å². The first kappa shape index (κ1) is 42.8. The van der Waals surface area contributed by atoms with Crippen LogP contribution in [0.5, 0.6) is 0 Å². The van der Waals surface area contributed by atoms with Gasteiger partial charge >= 0.3 is 0 Å². The van der Waals surface area contributed by atoms with Crippen LogP contribution in [0.2, 0.25) is 0 Å². The van der Waals surface area contributed by atoms with E-state index in [0.29, 0.717) is 0 Å². The zero-order valence-electron chi connectivity index (χ0n) is 39.8. The van der Waals surface area contributed by atoms with E-state index in [1.807, 2.05) is 22.7 Å². The van der Waals surface area contributed by atoms with Gasteiger partial charge in [0, 0.05) is 47.5 Å². The molecule has 3 aliphatic carbocycles. The summed E-state index contributed by atoms with van der Waals surface area (Å²) >= 11 is 3.71. The minimum absolute atomic E-state index is 0.0421. The molecule has 1 nitrogen and oxygen atoms in total. The molecule has 2 aromatic heterocycles. The second-order valence-corrected chi connectivity index (χ2v) is 21.7. The summed E-state index contributed by atoms with van der Waals surface area (Å²) in [5.74, 6) is 0. The topological polar surface area (TPSA) is 3.24 Å². The second-order valence-electron chi connectivity index (χ2n) is 19.5. The minimum atomic E-state index is 0.0421. The van der Waals surface area contributed by atoms with Gasteiger partial charge in [0.2, 0.25) is 0 Å². The van der Waals surface area contributed by atoms with Crippen molar-refractivity contribution < 1.29 is 0 Å². The van der Waals surface area contributed by atoms with Crippen molar-refractivity contribution >= 4 is 74.8 Å². The molecule has 0 N–H and O–H groups in total. The third kappa shape index (κ3) is 7.18. The van der Waals surface area contributed by atoms with E-state index in [2.05, 4.69) is 254 Å². The molecular weight excluding hydrogens is 907 g/mol. The molecular formula is C69H49NS2. The van der Waals surface area contributed by atoms with Crippen LogP contribution in [0.3, 0.4) is 0 Å². The number of hydrogen-bond acceptors (Lipinski definition) is 3. The summed E-state index contributed by atoms with van der Waals surface area (Å²) in [6, 6.07) is 83.1. The average molecular weight is 956 g/mol. The molecule has 342 valence electrons. The highest BCUT2D eigenvalue weighted by molar-refractivity contribution is 7.16. The molecule has 2 heterocycles. The summed E-state index contributed by atoms with van der Waals surface area (Å²) in [7, 11) is 0. The number of para-hydroxylation sites is 2. The van der Waals surface area contributed by atoms with Crippen LogP contribution >= 0.6 is 22.7 Å². The average Bonchev–Trinajstić information content (AvgIpc) is 4.31. The van der Waals surface area contributed by atoms with Crippen molar-refractivity contribution in [1.82, 2.24) is 0 Å². The fourth-order valence-electron chi connectivity index (χ4n) is 12.3. The molecule has 3 heteroatoms. The van der Waals surface area contributed by atoms with Gasteiger partial charge in [-0.3, -0.25) is 0 Å². The molecule has 0 saturated heterocycles. The lowest BCUT2D eigenvalue weighted by molar-refractivity contribution is 0.550. The van der Waals surface area contributed by atoms with E-state index in [0.717, 1.165) is 0 Å². The molecule has 11 aromatic rings. The van der Waals surface area contributed by atoms with E-state index in [1.54, 1.807) is 0 Å². The van der Waals surface area contributed by atoms with Gasteiger partial charge in [-0.25, -0.2) is 0 Å². The van der Waals surface area contributed by atoms with Crippen molar-refractivity contribution in [3.8, 4) is 66.1 Å². The number of nitrogens with zero attached hydrogens (tertiary/aromatic N) is 1. The molecule has 3 aliphatic rings. The number of rotatable bonds is 10. The monoisotopic (exact) mass is 955 g/mol.